The molecule has 0 bridgehead atoms. The Morgan fingerprint density at radius 1 is 0.677 bits per heavy atom. The number of hydrogen-bond acceptors (Lipinski definition) is 16. The number of anilines is 1. The molecule has 8 rings (SSSR count). The number of nitrogens with zero attached hydrogens (tertiary/aromatic N) is 6. The molecule has 4 N–H and O–H groups in total. The smallest absolute Gasteiger partial charge is 0.330 e. The highest BCUT2D eigenvalue weighted by Gasteiger charge is 2.55. The Bertz CT molecular complexity index is 3700. The zero-order chi connectivity index (χ0) is 71.1. The number of aromatic nitrogens is 6. The van der Waals surface area contributed by atoms with Crippen molar-refractivity contribution in [2.24, 2.45) is 11.8 Å². The Kier molecular flexibility index (Phi) is 29.7. The zero-order valence-corrected chi connectivity index (χ0v) is 60.7. The predicted molar refractivity (Wildman–Crippen MR) is 383 cm³/mol. The van der Waals surface area contributed by atoms with Gasteiger partial charge in [-0.25, -0.2) is 14.4 Å². The summed E-state index contributed by atoms with van der Waals surface area (Å²) >= 11 is 0. The average Bonchev–Trinajstić information content (AvgIpc) is 1.73. The second-order valence-electron chi connectivity index (χ2n) is 27.2. The monoisotopic (exact) mass is 1390 g/mol. The Labute approximate surface area is 583 Å². The number of aromatic amines is 2. The van der Waals surface area contributed by atoms with Gasteiger partial charge in [-0.05, 0) is 53.8 Å². The van der Waals surface area contributed by atoms with Crippen molar-refractivity contribution in [1.82, 2.24) is 39.1 Å². The fourth-order valence-electron chi connectivity index (χ4n) is 14.4. The van der Waals surface area contributed by atoms with Crippen LogP contribution in [-0.4, -0.2) is 135 Å². The lowest BCUT2D eigenvalue weighted by Crippen LogP contribution is -2.51. The molecule has 0 saturated carbocycles. The summed E-state index contributed by atoms with van der Waals surface area (Å²) in [6.45, 7) is 11.6. The molecule has 23 nitrogen and oxygen atoms in total. The zero-order valence-electron chi connectivity index (χ0n) is 59.8. The SMILES string of the molecule is COc1ccc(C(OC[C@H]2O[C@@H](n3ccc(=O)[nH]c3=O)[C@H](OC)[C@@H]2CCCCCCCCCCCCCCCCCCCC(=O)NC[C@H]2O[C@@H](n3cnc4c(=O)[nH]c(NC(=O)C(C)C)nc43)[C@H](OC)[C@@H]2N(CCC#N)P(=O)(C(C)C)C(C)C)(c2ccccc2)c2ccc(OC)cc2)cc1. The summed E-state index contributed by atoms with van der Waals surface area (Å²) in [5.41, 5.74) is -0.351. The summed E-state index contributed by atoms with van der Waals surface area (Å²) < 4.78 is 64.7. The number of H-pyrrole nitrogens is 2. The van der Waals surface area contributed by atoms with E-state index in [4.69, 9.17) is 33.2 Å². The highest BCUT2D eigenvalue weighted by atomic mass is 31.2. The van der Waals surface area contributed by atoms with Gasteiger partial charge in [-0.2, -0.15) is 10.2 Å². The van der Waals surface area contributed by atoms with E-state index >= 15 is 4.57 Å². The van der Waals surface area contributed by atoms with Gasteiger partial charge < -0.3 is 43.0 Å². The van der Waals surface area contributed by atoms with Crippen molar-refractivity contribution in [2.75, 3.05) is 53.5 Å². The van der Waals surface area contributed by atoms with E-state index in [-0.39, 0.29) is 78.2 Å². The van der Waals surface area contributed by atoms with E-state index in [9.17, 15) is 29.2 Å². The van der Waals surface area contributed by atoms with Crippen LogP contribution in [0.5, 0.6) is 11.5 Å². The van der Waals surface area contributed by atoms with Crippen molar-refractivity contribution in [2.45, 2.75) is 230 Å². The second-order valence-corrected chi connectivity index (χ2v) is 31.1. The van der Waals surface area contributed by atoms with Crippen molar-refractivity contribution in [1.29, 1.82) is 5.26 Å². The summed E-state index contributed by atoms with van der Waals surface area (Å²) in [5, 5.41) is 15.6. The van der Waals surface area contributed by atoms with E-state index < -0.39 is 72.6 Å². The molecule has 99 heavy (non-hydrogen) atoms. The molecule has 0 radical (unpaired) electrons. The Hall–Kier alpha value is -7.29. The lowest BCUT2D eigenvalue weighted by molar-refractivity contribution is -0.122. The number of imidazole rings is 1. The minimum Gasteiger partial charge on any atom is -0.497 e. The van der Waals surface area contributed by atoms with E-state index in [0.717, 1.165) is 79.6 Å². The number of amides is 2. The van der Waals surface area contributed by atoms with Crippen LogP contribution >= 0.6 is 7.29 Å². The van der Waals surface area contributed by atoms with Crippen LogP contribution in [-0.2, 0) is 43.4 Å². The second kappa shape index (κ2) is 37.9. The molecule has 2 aliphatic heterocycles. The topological polar surface area (TPSA) is 285 Å². The van der Waals surface area contributed by atoms with Crippen LogP contribution in [0.1, 0.15) is 199 Å². The molecule has 2 saturated heterocycles. The molecule has 0 aliphatic carbocycles. The van der Waals surface area contributed by atoms with Crippen LogP contribution in [0.25, 0.3) is 11.2 Å². The lowest BCUT2D eigenvalue weighted by atomic mass is 9.79. The summed E-state index contributed by atoms with van der Waals surface area (Å²) in [7, 11) is 3.26. The Morgan fingerprint density at radius 2 is 1.20 bits per heavy atom. The number of hydrogen-bond donors (Lipinski definition) is 4. The number of nitriles is 1. The van der Waals surface area contributed by atoms with E-state index in [1.54, 1.807) is 39.7 Å². The lowest BCUT2D eigenvalue weighted by Gasteiger charge is -2.43. The molecule has 24 heteroatoms. The molecule has 0 spiro atoms. The summed E-state index contributed by atoms with van der Waals surface area (Å²) in [4.78, 5) is 78.8. The van der Waals surface area contributed by atoms with Gasteiger partial charge in [-0.1, -0.05) is 199 Å². The average molecular weight is 1390 g/mol. The van der Waals surface area contributed by atoms with Crippen LogP contribution in [0.2, 0.25) is 0 Å². The molecule has 8 atom stereocenters. The first kappa shape index (κ1) is 77.4. The van der Waals surface area contributed by atoms with E-state index in [2.05, 4.69) is 48.8 Å². The molecule has 2 amide bonds. The first-order valence-electron chi connectivity index (χ1n) is 35.8. The predicted octanol–water partition coefficient (Wildman–Crippen LogP) is 12.9. The van der Waals surface area contributed by atoms with Crippen molar-refractivity contribution >= 4 is 36.2 Å². The van der Waals surface area contributed by atoms with Gasteiger partial charge in [0.2, 0.25) is 17.8 Å². The third-order valence-corrected chi connectivity index (χ3v) is 23.9. The van der Waals surface area contributed by atoms with Gasteiger partial charge in [0.25, 0.3) is 11.1 Å². The minimum atomic E-state index is -3.22. The Morgan fingerprint density at radius 3 is 1.72 bits per heavy atom. The van der Waals surface area contributed by atoms with E-state index in [1.165, 1.54) is 94.5 Å². The summed E-state index contributed by atoms with van der Waals surface area (Å²) in [6, 6.07) is 28.8. The number of nitrogens with one attached hydrogen (secondary N) is 4. The van der Waals surface area contributed by atoms with Crippen LogP contribution in [0.3, 0.4) is 0 Å². The molecular weight excluding hydrogens is 1280 g/mol. The van der Waals surface area contributed by atoms with Gasteiger partial charge in [-0.15, -0.1) is 0 Å². The number of rotatable bonds is 42. The third kappa shape index (κ3) is 19.4. The van der Waals surface area contributed by atoms with Gasteiger partial charge >= 0.3 is 5.69 Å². The van der Waals surface area contributed by atoms with Crippen LogP contribution < -0.4 is 36.9 Å². The van der Waals surface area contributed by atoms with Gasteiger partial charge in [0.15, 0.2) is 30.9 Å². The maximum Gasteiger partial charge on any atom is 0.330 e. The van der Waals surface area contributed by atoms with Crippen LogP contribution in [0.4, 0.5) is 5.95 Å². The fourth-order valence-corrected chi connectivity index (χ4v) is 17.9. The van der Waals surface area contributed by atoms with Crippen molar-refractivity contribution in [3.05, 3.63) is 145 Å². The number of benzene rings is 3. The highest BCUT2D eigenvalue weighted by Crippen LogP contribution is 2.61. The third-order valence-electron chi connectivity index (χ3n) is 19.7. The maximum absolute atomic E-state index is 15.3. The summed E-state index contributed by atoms with van der Waals surface area (Å²) in [5.74, 6) is 0.435. The summed E-state index contributed by atoms with van der Waals surface area (Å²) in [6.07, 6.45) is 19.1. The molecule has 3 aromatic carbocycles. The van der Waals surface area contributed by atoms with Crippen molar-refractivity contribution in [3.8, 4) is 17.6 Å². The molecule has 2 fully saturated rings. The van der Waals surface area contributed by atoms with Gasteiger partial charge in [0.05, 0.1) is 51.5 Å². The number of fused-ring (bicyclic) bond motifs is 1. The maximum atomic E-state index is 15.3. The van der Waals surface area contributed by atoms with Crippen LogP contribution in [0, 0.1) is 23.2 Å². The van der Waals surface area contributed by atoms with Gasteiger partial charge in [0.1, 0.15) is 29.3 Å². The molecule has 2 aliphatic rings. The number of unbranched alkanes of at least 4 members (excludes halogenated alkanes) is 16. The van der Waals surface area contributed by atoms with E-state index in [0.29, 0.717) is 6.42 Å². The number of carbonyl (C=O) groups excluding carboxylic acids is 2. The van der Waals surface area contributed by atoms with E-state index in [1.807, 2.05) is 99.1 Å². The minimum absolute atomic E-state index is 0.0260. The first-order chi connectivity index (χ1) is 47.8. The van der Waals surface area contributed by atoms with Crippen molar-refractivity contribution in [3.63, 3.8) is 0 Å². The highest BCUT2D eigenvalue weighted by molar-refractivity contribution is 7.62. The van der Waals surface area contributed by atoms with Crippen LogP contribution in [0.15, 0.2) is 112 Å². The first-order valence-corrected chi connectivity index (χ1v) is 37.6. The molecule has 540 valence electrons. The molecule has 5 heterocycles. The van der Waals surface area contributed by atoms with Gasteiger partial charge in [-0.3, -0.25) is 43.6 Å². The fraction of sp³-hybridized carbons (Fsp3) is 0.600. The molecule has 6 aromatic rings. The number of carbonyl (C=O) groups is 2. The van der Waals surface area contributed by atoms with Crippen molar-refractivity contribution < 1.29 is 47.3 Å². The largest absolute Gasteiger partial charge is 0.497 e. The number of methoxy groups -OCH3 is 4. The molecule has 0 unspecified atom stereocenters. The Balaban J connectivity index is 0.748. The molecule has 3 aromatic heterocycles. The normalized spacial score (nSPS) is 19.6. The number of ether oxygens (including phenoxy) is 7. The van der Waals surface area contributed by atoms with Gasteiger partial charge in [0, 0.05) is 75.6 Å². The standard InChI is InChI=1S/C75H107N10O13P/c1-51(2)69(88)81-73-80-68-64(70(89)82-73)78-50-84(68)72-67(95-10)65(85(46-31-45-76)99(91,52(3)4)53(5)6)60(97-72)48-77-62(86)35-30-25-23-21-19-17-15-13-11-12-14-16-18-20-22-24-29-34-59-61(98-71(66(59)94-9)83-47-44-63(87)79-74(83)90)49-96-75(54-32-27-26-28-33-54,55-36-40-57(92-7)41-37-55)56-38-42-58(93-8)43-39-56/h26-28,32-33,36-44,47,50-53,59-61,65-67,71-72H,11-25,29-31,34-35,46,48-49H2,1-10H3,(H,77,86)(H,79,87,90)(H2,80,81,82,88,89)/t59-,60-,61-,65-,66-,67-,71-,72-/m1/s1. The quantitative estimate of drug-likeness (QED) is 0.0157. The molecular formula is C75H107N10O13P.